The summed E-state index contributed by atoms with van der Waals surface area (Å²) in [5.74, 6) is 0. The molecule has 1 saturated heterocycles. The number of ether oxygens (including phenoxy) is 1. The Morgan fingerprint density at radius 3 is 3.15 bits per heavy atom. The van der Waals surface area contributed by atoms with Gasteiger partial charge in [-0.2, -0.15) is 0 Å². The summed E-state index contributed by atoms with van der Waals surface area (Å²) in [6, 6.07) is 4.16. The first-order chi connectivity index (χ1) is 6.29. The summed E-state index contributed by atoms with van der Waals surface area (Å²) in [5, 5.41) is 3.36. The normalized spacial score (nSPS) is 28.1. The van der Waals surface area contributed by atoms with Crippen molar-refractivity contribution in [2.24, 2.45) is 0 Å². The van der Waals surface area contributed by atoms with Crippen molar-refractivity contribution in [2.45, 2.75) is 25.3 Å². The Morgan fingerprint density at radius 1 is 1.62 bits per heavy atom. The fraction of sp³-hybridized carbons (Fsp3) is 0.600. The van der Waals surface area contributed by atoms with E-state index >= 15 is 0 Å². The Kier molecular flexibility index (Phi) is 2.38. The molecular formula is C10H16N2O. The lowest BCUT2D eigenvalue weighted by atomic mass is 9.97. The predicted octanol–water partition coefficient (Wildman–Crippen LogP) is 1.28. The van der Waals surface area contributed by atoms with Crippen LogP contribution >= 0.6 is 0 Å². The third kappa shape index (κ3) is 2.11. The van der Waals surface area contributed by atoms with Crippen LogP contribution in [0.5, 0.6) is 0 Å². The van der Waals surface area contributed by atoms with Crippen molar-refractivity contribution < 1.29 is 4.74 Å². The lowest BCUT2D eigenvalue weighted by Crippen LogP contribution is -2.39. The fourth-order valence-corrected chi connectivity index (χ4v) is 1.65. The molecule has 1 atom stereocenters. The molecule has 2 N–H and O–H groups in total. The molecule has 3 heteroatoms. The van der Waals surface area contributed by atoms with Crippen molar-refractivity contribution >= 4 is 0 Å². The third-order valence-corrected chi connectivity index (χ3v) is 2.63. The molecule has 0 bridgehead atoms. The molecule has 0 aromatic carbocycles. The molecule has 1 aromatic heterocycles. The number of hydrogen-bond acceptors (Lipinski definition) is 2. The molecule has 0 amide bonds. The number of rotatable bonds is 3. The van der Waals surface area contributed by atoms with Crippen LogP contribution in [-0.4, -0.2) is 23.9 Å². The van der Waals surface area contributed by atoms with Gasteiger partial charge in [0.2, 0.25) is 0 Å². The fourth-order valence-electron chi connectivity index (χ4n) is 1.65. The molecule has 72 valence electrons. The SMILES string of the molecule is C[C@@]1(CCc2ccc[nH]2)COCN1. The monoisotopic (exact) mass is 180 g/mol. The first kappa shape index (κ1) is 8.78. The molecule has 1 aliphatic heterocycles. The summed E-state index contributed by atoms with van der Waals surface area (Å²) in [7, 11) is 0. The zero-order chi connectivity index (χ0) is 9.15. The molecule has 1 fully saturated rings. The number of hydrogen-bond donors (Lipinski definition) is 2. The molecular weight excluding hydrogens is 164 g/mol. The number of aromatic nitrogens is 1. The average Bonchev–Trinajstić information content (AvgIpc) is 2.72. The number of nitrogens with one attached hydrogen (secondary N) is 2. The molecule has 1 aromatic rings. The van der Waals surface area contributed by atoms with Crippen LogP contribution in [0.1, 0.15) is 19.0 Å². The van der Waals surface area contributed by atoms with Crippen molar-refractivity contribution in [2.75, 3.05) is 13.3 Å². The van der Waals surface area contributed by atoms with E-state index in [0.29, 0.717) is 6.73 Å². The maximum absolute atomic E-state index is 5.31. The molecule has 0 saturated carbocycles. The lowest BCUT2D eigenvalue weighted by molar-refractivity contribution is 0.177. The topological polar surface area (TPSA) is 37.0 Å². The van der Waals surface area contributed by atoms with Crippen molar-refractivity contribution in [3.8, 4) is 0 Å². The van der Waals surface area contributed by atoms with Crippen LogP contribution < -0.4 is 5.32 Å². The van der Waals surface area contributed by atoms with E-state index in [1.165, 1.54) is 5.69 Å². The summed E-state index contributed by atoms with van der Waals surface area (Å²) < 4.78 is 5.31. The van der Waals surface area contributed by atoms with Gasteiger partial charge in [0, 0.05) is 17.4 Å². The number of aryl methyl sites for hydroxylation is 1. The summed E-state index contributed by atoms with van der Waals surface area (Å²) in [6.45, 7) is 3.73. The second-order valence-electron chi connectivity index (χ2n) is 3.93. The van der Waals surface area contributed by atoms with Crippen molar-refractivity contribution in [1.29, 1.82) is 0 Å². The van der Waals surface area contributed by atoms with Gasteiger partial charge in [-0.3, -0.25) is 5.32 Å². The van der Waals surface area contributed by atoms with Gasteiger partial charge in [0.05, 0.1) is 13.3 Å². The van der Waals surface area contributed by atoms with Gasteiger partial charge in [0.25, 0.3) is 0 Å². The van der Waals surface area contributed by atoms with E-state index in [2.05, 4.69) is 23.3 Å². The van der Waals surface area contributed by atoms with E-state index in [1.54, 1.807) is 0 Å². The number of aromatic amines is 1. The maximum atomic E-state index is 5.31. The summed E-state index contributed by atoms with van der Waals surface area (Å²) in [6.07, 6.45) is 4.17. The van der Waals surface area contributed by atoms with Crippen LogP contribution in [0, 0.1) is 0 Å². The molecule has 2 rings (SSSR count). The molecule has 2 heterocycles. The van der Waals surface area contributed by atoms with Crippen LogP contribution in [0.3, 0.4) is 0 Å². The van der Waals surface area contributed by atoms with Gasteiger partial charge in [-0.05, 0) is 31.9 Å². The smallest absolute Gasteiger partial charge is 0.0971 e. The zero-order valence-electron chi connectivity index (χ0n) is 7.97. The predicted molar refractivity (Wildman–Crippen MR) is 51.5 cm³/mol. The number of H-pyrrole nitrogens is 1. The summed E-state index contributed by atoms with van der Waals surface area (Å²) in [4.78, 5) is 3.21. The highest BCUT2D eigenvalue weighted by atomic mass is 16.5. The molecule has 3 nitrogen and oxygen atoms in total. The molecule has 0 radical (unpaired) electrons. The minimum absolute atomic E-state index is 0.172. The minimum Gasteiger partial charge on any atom is -0.365 e. The Morgan fingerprint density at radius 2 is 2.54 bits per heavy atom. The van der Waals surface area contributed by atoms with Crippen LogP contribution in [0.4, 0.5) is 0 Å². The maximum Gasteiger partial charge on any atom is 0.0971 e. The van der Waals surface area contributed by atoms with E-state index < -0.39 is 0 Å². The first-order valence-electron chi connectivity index (χ1n) is 4.74. The molecule has 0 aliphatic carbocycles. The second-order valence-corrected chi connectivity index (χ2v) is 3.93. The zero-order valence-corrected chi connectivity index (χ0v) is 7.97. The summed E-state index contributed by atoms with van der Waals surface area (Å²) in [5.41, 5.74) is 1.47. The third-order valence-electron chi connectivity index (χ3n) is 2.63. The molecule has 13 heavy (non-hydrogen) atoms. The quantitative estimate of drug-likeness (QED) is 0.735. The standard InChI is InChI=1S/C10H16N2O/c1-10(7-13-8-12-10)5-4-9-3-2-6-11-9/h2-3,6,11-12H,4-5,7-8H2,1H3/t10-/m1/s1. The van der Waals surface area contributed by atoms with Crippen LogP contribution in [0.2, 0.25) is 0 Å². The summed E-state index contributed by atoms with van der Waals surface area (Å²) >= 11 is 0. The Labute approximate surface area is 78.5 Å². The van der Waals surface area contributed by atoms with Gasteiger partial charge in [-0.15, -0.1) is 0 Å². The highest BCUT2D eigenvalue weighted by molar-refractivity contribution is 5.05. The van der Waals surface area contributed by atoms with Gasteiger partial charge in [0.1, 0.15) is 0 Å². The van der Waals surface area contributed by atoms with Crippen molar-refractivity contribution in [3.05, 3.63) is 24.0 Å². The Bertz CT molecular complexity index is 250. The highest BCUT2D eigenvalue weighted by Crippen LogP contribution is 2.17. The van der Waals surface area contributed by atoms with Gasteiger partial charge < -0.3 is 9.72 Å². The molecule has 0 unspecified atom stereocenters. The van der Waals surface area contributed by atoms with Gasteiger partial charge in [0.15, 0.2) is 0 Å². The van der Waals surface area contributed by atoms with E-state index in [9.17, 15) is 0 Å². The van der Waals surface area contributed by atoms with E-state index in [4.69, 9.17) is 4.74 Å². The van der Waals surface area contributed by atoms with Gasteiger partial charge >= 0.3 is 0 Å². The van der Waals surface area contributed by atoms with Crippen LogP contribution in [0.15, 0.2) is 18.3 Å². The van der Waals surface area contributed by atoms with E-state index in [1.807, 2.05) is 12.3 Å². The van der Waals surface area contributed by atoms with E-state index in [-0.39, 0.29) is 5.54 Å². The van der Waals surface area contributed by atoms with E-state index in [0.717, 1.165) is 19.4 Å². The van der Waals surface area contributed by atoms with Crippen LogP contribution in [-0.2, 0) is 11.2 Å². The Hall–Kier alpha value is -0.800. The Balaban J connectivity index is 1.85. The average molecular weight is 180 g/mol. The van der Waals surface area contributed by atoms with Crippen LogP contribution in [0.25, 0.3) is 0 Å². The second kappa shape index (κ2) is 3.52. The highest BCUT2D eigenvalue weighted by Gasteiger charge is 2.28. The van der Waals surface area contributed by atoms with Crippen molar-refractivity contribution in [3.63, 3.8) is 0 Å². The molecule has 0 spiro atoms. The lowest BCUT2D eigenvalue weighted by Gasteiger charge is -2.21. The first-order valence-corrected chi connectivity index (χ1v) is 4.74. The molecule has 1 aliphatic rings. The minimum atomic E-state index is 0.172. The van der Waals surface area contributed by atoms with Crippen molar-refractivity contribution in [1.82, 2.24) is 10.3 Å². The van der Waals surface area contributed by atoms with Gasteiger partial charge in [-0.25, -0.2) is 0 Å². The van der Waals surface area contributed by atoms with Gasteiger partial charge in [-0.1, -0.05) is 0 Å². The largest absolute Gasteiger partial charge is 0.365 e.